The molecule has 110 valence electrons. The highest BCUT2D eigenvalue weighted by Gasteiger charge is 2.20. The highest BCUT2D eigenvalue weighted by molar-refractivity contribution is 6.32. The summed E-state index contributed by atoms with van der Waals surface area (Å²) in [6, 6.07) is 0.317. The van der Waals surface area contributed by atoms with Crippen molar-refractivity contribution in [3.63, 3.8) is 0 Å². The van der Waals surface area contributed by atoms with Crippen LogP contribution < -0.4 is 10.9 Å². The van der Waals surface area contributed by atoms with Crippen LogP contribution in [0.1, 0.15) is 19.8 Å². The molecule has 1 atom stereocenters. The number of hydrogen-bond acceptors (Lipinski definition) is 4. The van der Waals surface area contributed by atoms with Crippen LogP contribution >= 0.6 is 11.6 Å². The maximum Gasteiger partial charge on any atom is 0.287 e. The van der Waals surface area contributed by atoms with Crippen LogP contribution in [0.5, 0.6) is 0 Å². The molecule has 0 radical (unpaired) electrons. The minimum atomic E-state index is -0.278. The lowest BCUT2D eigenvalue weighted by molar-refractivity contribution is 0.227. The standard InChI is InChI=1S/C14H21ClN4O/c1-3-7-19-14(20)13(15)12(9-16-19)17-11-6-5-8-18(4-2)10-11/h3,9,11,17H,1,4-8,10H2,2H3. The molecule has 1 saturated heterocycles. The highest BCUT2D eigenvalue weighted by Crippen LogP contribution is 2.20. The van der Waals surface area contributed by atoms with Crippen molar-refractivity contribution >= 4 is 17.3 Å². The first-order valence-electron chi connectivity index (χ1n) is 7.01. The summed E-state index contributed by atoms with van der Waals surface area (Å²) in [5, 5.41) is 7.66. The number of likely N-dealkylation sites (N-methyl/N-ethyl adjacent to an activating group) is 1. The Morgan fingerprint density at radius 3 is 3.15 bits per heavy atom. The smallest absolute Gasteiger partial charge is 0.287 e. The van der Waals surface area contributed by atoms with E-state index in [1.165, 1.54) is 4.68 Å². The molecule has 2 heterocycles. The van der Waals surface area contributed by atoms with Gasteiger partial charge in [-0.2, -0.15) is 5.10 Å². The van der Waals surface area contributed by atoms with Gasteiger partial charge < -0.3 is 10.2 Å². The zero-order chi connectivity index (χ0) is 14.5. The molecule has 1 aliphatic rings. The molecule has 1 aliphatic heterocycles. The third-order valence-corrected chi connectivity index (χ3v) is 3.96. The lowest BCUT2D eigenvalue weighted by Gasteiger charge is -2.32. The Balaban J connectivity index is 2.11. The molecule has 0 bridgehead atoms. The van der Waals surface area contributed by atoms with E-state index in [1.807, 2.05) is 0 Å². The lowest BCUT2D eigenvalue weighted by Crippen LogP contribution is -2.42. The molecule has 1 N–H and O–H groups in total. The third kappa shape index (κ3) is 3.41. The van der Waals surface area contributed by atoms with Gasteiger partial charge in [-0.15, -0.1) is 6.58 Å². The van der Waals surface area contributed by atoms with Gasteiger partial charge in [0.1, 0.15) is 5.02 Å². The van der Waals surface area contributed by atoms with Gasteiger partial charge in [-0.25, -0.2) is 4.68 Å². The summed E-state index contributed by atoms with van der Waals surface area (Å²) in [5.74, 6) is 0. The van der Waals surface area contributed by atoms with E-state index in [0.29, 0.717) is 18.3 Å². The van der Waals surface area contributed by atoms with E-state index in [0.717, 1.165) is 32.5 Å². The molecule has 6 heteroatoms. The molecule has 1 unspecified atom stereocenters. The fraction of sp³-hybridized carbons (Fsp3) is 0.571. The predicted molar refractivity (Wildman–Crippen MR) is 82.5 cm³/mol. The summed E-state index contributed by atoms with van der Waals surface area (Å²) < 4.78 is 1.31. The van der Waals surface area contributed by atoms with Crippen LogP contribution in [0, 0.1) is 0 Å². The van der Waals surface area contributed by atoms with Gasteiger partial charge in [-0.05, 0) is 25.9 Å². The van der Waals surface area contributed by atoms with Gasteiger partial charge in [-0.3, -0.25) is 4.79 Å². The molecule has 0 aliphatic carbocycles. The summed E-state index contributed by atoms with van der Waals surface area (Å²) in [6.07, 6.45) is 5.49. The van der Waals surface area contributed by atoms with Crippen LogP contribution in [0.3, 0.4) is 0 Å². The van der Waals surface area contributed by atoms with Gasteiger partial charge in [0.15, 0.2) is 0 Å². The second kappa shape index (κ2) is 6.90. The fourth-order valence-electron chi connectivity index (χ4n) is 2.50. The van der Waals surface area contributed by atoms with E-state index in [1.54, 1.807) is 12.3 Å². The van der Waals surface area contributed by atoms with Crippen molar-refractivity contribution in [3.8, 4) is 0 Å². The van der Waals surface area contributed by atoms with Gasteiger partial charge in [-0.1, -0.05) is 24.6 Å². The van der Waals surface area contributed by atoms with Crippen LogP contribution in [0.2, 0.25) is 5.02 Å². The topological polar surface area (TPSA) is 50.2 Å². The minimum Gasteiger partial charge on any atom is -0.378 e. The maximum absolute atomic E-state index is 12.0. The Kier molecular flexibility index (Phi) is 5.20. The van der Waals surface area contributed by atoms with Crippen molar-refractivity contribution in [2.45, 2.75) is 32.4 Å². The zero-order valence-electron chi connectivity index (χ0n) is 11.8. The zero-order valence-corrected chi connectivity index (χ0v) is 12.6. The number of piperidine rings is 1. The Hall–Kier alpha value is -1.33. The summed E-state index contributed by atoms with van der Waals surface area (Å²) in [6.45, 7) is 9.29. The number of anilines is 1. The second-order valence-corrected chi connectivity index (χ2v) is 5.40. The van der Waals surface area contributed by atoms with Crippen molar-refractivity contribution in [1.82, 2.24) is 14.7 Å². The molecule has 1 aromatic rings. The number of nitrogens with one attached hydrogen (secondary N) is 1. The molecule has 1 aromatic heterocycles. The van der Waals surface area contributed by atoms with Crippen LogP contribution in [-0.2, 0) is 6.54 Å². The summed E-state index contributed by atoms with van der Waals surface area (Å²) >= 11 is 6.14. The van der Waals surface area contributed by atoms with Gasteiger partial charge in [0, 0.05) is 12.6 Å². The third-order valence-electron chi connectivity index (χ3n) is 3.60. The molecule has 5 nitrogen and oxygen atoms in total. The molecule has 0 amide bonds. The van der Waals surface area contributed by atoms with Crippen LogP contribution in [0.4, 0.5) is 5.69 Å². The van der Waals surface area contributed by atoms with Crippen LogP contribution in [-0.4, -0.2) is 40.4 Å². The first kappa shape index (κ1) is 15.1. The van der Waals surface area contributed by atoms with Gasteiger partial charge in [0.05, 0.1) is 18.4 Å². The van der Waals surface area contributed by atoms with E-state index in [2.05, 4.69) is 28.8 Å². The Morgan fingerprint density at radius 2 is 2.45 bits per heavy atom. The lowest BCUT2D eigenvalue weighted by atomic mass is 10.1. The van der Waals surface area contributed by atoms with E-state index in [-0.39, 0.29) is 10.6 Å². The molecule has 20 heavy (non-hydrogen) atoms. The Labute approximate surface area is 124 Å². The number of halogens is 1. The van der Waals surface area contributed by atoms with Crippen molar-refractivity contribution in [2.24, 2.45) is 0 Å². The SMILES string of the molecule is C=CCn1ncc(NC2CCCN(CC)C2)c(Cl)c1=O. The van der Waals surface area contributed by atoms with Gasteiger partial charge >= 0.3 is 0 Å². The van der Waals surface area contributed by atoms with Crippen molar-refractivity contribution < 1.29 is 0 Å². The number of rotatable bonds is 5. The van der Waals surface area contributed by atoms with E-state index < -0.39 is 0 Å². The summed E-state index contributed by atoms with van der Waals surface area (Å²) in [5.41, 5.74) is 0.347. The molecular weight excluding hydrogens is 276 g/mol. The minimum absolute atomic E-state index is 0.204. The second-order valence-electron chi connectivity index (χ2n) is 5.02. The van der Waals surface area contributed by atoms with E-state index >= 15 is 0 Å². The molecule has 2 rings (SSSR count). The fourth-order valence-corrected chi connectivity index (χ4v) is 2.70. The highest BCUT2D eigenvalue weighted by atomic mass is 35.5. The predicted octanol–water partition coefficient (Wildman–Crippen LogP) is 1.98. The summed E-state index contributed by atoms with van der Waals surface area (Å²) in [7, 11) is 0. The van der Waals surface area contributed by atoms with E-state index in [4.69, 9.17) is 11.6 Å². The average Bonchev–Trinajstić information content (AvgIpc) is 2.47. The van der Waals surface area contributed by atoms with Crippen molar-refractivity contribution in [3.05, 3.63) is 34.2 Å². The molecule has 1 fully saturated rings. The van der Waals surface area contributed by atoms with Gasteiger partial charge in [0.25, 0.3) is 5.56 Å². The number of hydrogen-bond donors (Lipinski definition) is 1. The number of likely N-dealkylation sites (tertiary alicyclic amines) is 1. The Bertz CT molecular complexity index is 528. The maximum atomic E-state index is 12.0. The largest absolute Gasteiger partial charge is 0.378 e. The van der Waals surface area contributed by atoms with E-state index in [9.17, 15) is 4.79 Å². The quantitative estimate of drug-likeness (QED) is 0.844. The average molecular weight is 297 g/mol. The molecular formula is C14H21ClN4O. The molecule has 0 aromatic carbocycles. The van der Waals surface area contributed by atoms with Crippen molar-refractivity contribution in [2.75, 3.05) is 25.0 Å². The number of allylic oxidation sites excluding steroid dienone is 1. The van der Waals surface area contributed by atoms with Gasteiger partial charge in [0.2, 0.25) is 0 Å². The van der Waals surface area contributed by atoms with Crippen LogP contribution in [0.15, 0.2) is 23.6 Å². The first-order chi connectivity index (χ1) is 9.65. The monoisotopic (exact) mass is 296 g/mol. The normalized spacial score (nSPS) is 19.8. The molecule has 0 spiro atoms. The Morgan fingerprint density at radius 1 is 1.65 bits per heavy atom. The number of aromatic nitrogens is 2. The summed E-state index contributed by atoms with van der Waals surface area (Å²) in [4.78, 5) is 14.4. The number of nitrogens with zero attached hydrogens (tertiary/aromatic N) is 3. The van der Waals surface area contributed by atoms with Crippen molar-refractivity contribution in [1.29, 1.82) is 0 Å². The van der Waals surface area contributed by atoms with Crippen LogP contribution in [0.25, 0.3) is 0 Å². The molecule has 0 saturated carbocycles. The first-order valence-corrected chi connectivity index (χ1v) is 7.39.